The van der Waals surface area contributed by atoms with Crippen molar-refractivity contribution in [3.05, 3.63) is 28.5 Å². The van der Waals surface area contributed by atoms with Crippen molar-refractivity contribution < 1.29 is 4.79 Å². The molecule has 2 atom stereocenters. The van der Waals surface area contributed by atoms with E-state index in [2.05, 4.69) is 38.2 Å². The third kappa shape index (κ3) is 2.88. The van der Waals surface area contributed by atoms with Crippen LogP contribution >= 0.6 is 15.9 Å². The molecule has 3 heterocycles. The van der Waals surface area contributed by atoms with Gasteiger partial charge in [0.25, 0.3) is 5.91 Å². The van der Waals surface area contributed by atoms with Crippen LogP contribution in [0.25, 0.3) is 0 Å². The fraction of sp³-hybridized carbons (Fsp3) is 0.600. The summed E-state index contributed by atoms with van der Waals surface area (Å²) in [6.07, 6.45) is 9.30. The first-order valence-electron chi connectivity index (χ1n) is 7.27. The van der Waals surface area contributed by atoms with E-state index in [9.17, 15) is 4.79 Å². The first-order valence-corrected chi connectivity index (χ1v) is 8.06. The van der Waals surface area contributed by atoms with Crippen molar-refractivity contribution in [2.75, 3.05) is 7.05 Å². The molecule has 3 rings (SSSR count). The van der Waals surface area contributed by atoms with E-state index in [1.165, 1.54) is 19.3 Å². The van der Waals surface area contributed by atoms with Gasteiger partial charge in [-0.15, -0.1) is 0 Å². The number of fused-ring (bicyclic) bond motifs is 2. The van der Waals surface area contributed by atoms with Gasteiger partial charge >= 0.3 is 0 Å². The van der Waals surface area contributed by atoms with Gasteiger partial charge in [-0.1, -0.05) is 6.42 Å². The minimum absolute atomic E-state index is 0.00794. The number of carbonyl (C=O) groups excluding carboxylic acids is 1. The van der Waals surface area contributed by atoms with Gasteiger partial charge < -0.3 is 10.2 Å². The zero-order valence-electron chi connectivity index (χ0n) is 11.7. The number of hydrogen-bond donors (Lipinski definition) is 1. The van der Waals surface area contributed by atoms with Gasteiger partial charge in [-0.3, -0.25) is 9.78 Å². The highest BCUT2D eigenvalue weighted by Gasteiger charge is 2.36. The first-order chi connectivity index (χ1) is 9.63. The lowest BCUT2D eigenvalue weighted by atomic mass is 9.82. The third-order valence-electron chi connectivity index (χ3n) is 4.64. The second-order valence-electron chi connectivity index (χ2n) is 5.94. The molecule has 20 heavy (non-hydrogen) atoms. The Hall–Kier alpha value is -0.940. The molecule has 1 amide bonds. The predicted molar refractivity (Wildman–Crippen MR) is 81.6 cm³/mol. The summed E-state index contributed by atoms with van der Waals surface area (Å²) in [5.74, 6) is -0.00794. The van der Waals surface area contributed by atoms with Crippen LogP contribution in [0.1, 0.15) is 42.5 Å². The minimum atomic E-state index is -0.00794. The smallest absolute Gasteiger partial charge is 0.253 e. The average Bonchev–Trinajstić information content (AvgIpc) is 2.40. The second-order valence-corrected chi connectivity index (χ2v) is 6.85. The normalized spacial score (nSPS) is 30.0. The number of piperidine rings is 2. The van der Waals surface area contributed by atoms with E-state index in [1.54, 1.807) is 12.4 Å². The molecule has 0 saturated carbocycles. The molecule has 1 N–H and O–H groups in total. The summed E-state index contributed by atoms with van der Waals surface area (Å²) in [5, 5.41) is 3.19. The topological polar surface area (TPSA) is 45.2 Å². The van der Waals surface area contributed by atoms with Crippen molar-refractivity contribution in [1.82, 2.24) is 15.2 Å². The fourth-order valence-corrected chi connectivity index (χ4v) is 3.90. The maximum atomic E-state index is 12.3. The second kappa shape index (κ2) is 5.82. The van der Waals surface area contributed by atoms with Crippen molar-refractivity contribution in [3.8, 4) is 0 Å². The van der Waals surface area contributed by atoms with Crippen LogP contribution in [-0.2, 0) is 0 Å². The minimum Gasteiger partial charge on any atom is -0.349 e. The maximum Gasteiger partial charge on any atom is 0.253 e. The lowest BCUT2D eigenvalue weighted by Gasteiger charge is -2.47. The summed E-state index contributed by atoms with van der Waals surface area (Å²) in [5.41, 5.74) is 0.628. The molecule has 2 saturated heterocycles. The van der Waals surface area contributed by atoms with E-state index in [-0.39, 0.29) is 5.91 Å². The molecule has 1 aromatic rings. The van der Waals surface area contributed by atoms with Crippen LogP contribution in [0, 0.1) is 0 Å². The molecule has 5 heteroatoms. The highest BCUT2D eigenvalue weighted by molar-refractivity contribution is 9.10. The van der Waals surface area contributed by atoms with Crippen molar-refractivity contribution in [1.29, 1.82) is 0 Å². The summed E-state index contributed by atoms with van der Waals surface area (Å²) < 4.78 is 0.838. The Morgan fingerprint density at radius 2 is 2.05 bits per heavy atom. The van der Waals surface area contributed by atoms with E-state index >= 15 is 0 Å². The van der Waals surface area contributed by atoms with Gasteiger partial charge in [0.15, 0.2) is 0 Å². The molecular weight excluding hydrogens is 318 g/mol. The summed E-state index contributed by atoms with van der Waals surface area (Å²) in [6.45, 7) is 0. The Labute approximate surface area is 128 Å². The molecule has 0 aromatic carbocycles. The molecule has 2 aliphatic heterocycles. The quantitative estimate of drug-likeness (QED) is 0.902. The van der Waals surface area contributed by atoms with Gasteiger partial charge in [-0.2, -0.15) is 0 Å². The Bertz CT molecular complexity index is 494. The Kier molecular flexibility index (Phi) is 4.08. The van der Waals surface area contributed by atoms with Crippen molar-refractivity contribution in [2.24, 2.45) is 0 Å². The monoisotopic (exact) mass is 337 g/mol. The molecule has 1 aromatic heterocycles. The highest BCUT2D eigenvalue weighted by Crippen LogP contribution is 2.32. The Balaban J connectivity index is 1.65. The number of halogens is 1. The molecule has 2 bridgehead atoms. The lowest BCUT2D eigenvalue weighted by molar-refractivity contribution is 0.0463. The predicted octanol–water partition coefficient (Wildman–Crippen LogP) is 2.59. The van der Waals surface area contributed by atoms with Crippen molar-refractivity contribution in [3.63, 3.8) is 0 Å². The first kappa shape index (κ1) is 14.0. The van der Waals surface area contributed by atoms with E-state index in [0.29, 0.717) is 23.7 Å². The molecule has 108 valence electrons. The van der Waals surface area contributed by atoms with Crippen LogP contribution in [0.15, 0.2) is 22.9 Å². The number of pyridine rings is 1. The zero-order chi connectivity index (χ0) is 14.1. The number of amides is 1. The molecule has 0 spiro atoms. The van der Waals surface area contributed by atoms with Gasteiger partial charge in [0, 0.05) is 35.0 Å². The zero-order valence-corrected chi connectivity index (χ0v) is 13.3. The molecule has 2 aliphatic rings. The van der Waals surface area contributed by atoms with Gasteiger partial charge in [0.1, 0.15) is 0 Å². The maximum absolute atomic E-state index is 12.3. The van der Waals surface area contributed by atoms with Crippen LogP contribution in [0.3, 0.4) is 0 Å². The van der Waals surface area contributed by atoms with E-state index in [4.69, 9.17) is 0 Å². The SMILES string of the molecule is CN1C2CCCC1CC(NC(=O)c1cncc(Br)c1)C2. The summed E-state index contributed by atoms with van der Waals surface area (Å²) in [7, 11) is 2.23. The fourth-order valence-electron chi connectivity index (χ4n) is 3.54. The molecule has 2 fully saturated rings. The molecule has 4 nitrogen and oxygen atoms in total. The Morgan fingerprint density at radius 3 is 2.70 bits per heavy atom. The number of carbonyl (C=O) groups is 1. The van der Waals surface area contributed by atoms with E-state index < -0.39 is 0 Å². The van der Waals surface area contributed by atoms with Crippen LogP contribution in [0.4, 0.5) is 0 Å². The molecule has 0 radical (unpaired) electrons. The number of hydrogen-bond acceptors (Lipinski definition) is 3. The summed E-state index contributed by atoms with van der Waals surface area (Å²) >= 11 is 3.35. The standard InChI is InChI=1S/C15H20BrN3O/c1-19-13-3-2-4-14(19)7-12(6-13)18-15(20)10-5-11(16)9-17-8-10/h5,8-9,12-14H,2-4,6-7H2,1H3,(H,18,20). The highest BCUT2D eigenvalue weighted by atomic mass is 79.9. The average molecular weight is 338 g/mol. The van der Waals surface area contributed by atoms with E-state index in [1.807, 2.05) is 6.07 Å². The van der Waals surface area contributed by atoms with Crippen LogP contribution in [-0.4, -0.2) is 41.0 Å². The van der Waals surface area contributed by atoms with Crippen LogP contribution in [0.5, 0.6) is 0 Å². The Morgan fingerprint density at radius 1 is 1.35 bits per heavy atom. The van der Waals surface area contributed by atoms with E-state index in [0.717, 1.165) is 17.3 Å². The van der Waals surface area contributed by atoms with Crippen molar-refractivity contribution in [2.45, 2.75) is 50.2 Å². The van der Waals surface area contributed by atoms with Crippen LogP contribution in [0.2, 0.25) is 0 Å². The van der Waals surface area contributed by atoms with Gasteiger partial charge in [0.2, 0.25) is 0 Å². The lowest BCUT2D eigenvalue weighted by Crippen LogP contribution is -2.55. The number of nitrogens with zero attached hydrogens (tertiary/aromatic N) is 2. The molecular formula is C15H20BrN3O. The summed E-state index contributed by atoms with van der Waals surface area (Å²) in [6, 6.07) is 3.38. The largest absolute Gasteiger partial charge is 0.349 e. The van der Waals surface area contributed by atoms with Crippen molar-refractivity contribution >= 4 is 21.8 Å². The number of nitrogens with one attached hydrogen (secondary N) is 1. The number of rotatable bonds is 2. The van der Waals surface area contributed by atoms with Gasteiger partial charge in [-0.25, -0.2) is 0 Å². The van der Waals surface area contributed by atoms with Gasteiger partial charge in [-0.05, 0) is 54.7 Å². The molecule has 2 unspecified atom stereocenters. The van der Waals surface area contributed by atoms with Gasteiger partial charge in [0.05, 0.1) is 5.56 Å². The molecule has 0 aliphatic carbocycles. The summed E-state index contributed by atoms with van der Waals surface area (Å²) in [4.78, 5) is 18.8. The third-order valence-corrected chi connectivity index (χ3v) is 5.08. The van der Waals surface area contributed by atoms with Crippen LogP contribution < -0.4 is 5.32 Å². The number of aromatic nitrogens is 1.